The van der Waals surface area contributed by atoms with Gasteiger partial charge in [-0.1, -0.05) is 18.2 Å². The number of hydrogen-bond donors (Lipinski definition) is 3. The maximum atomic E-state index is 12.5. The van der Waals surface area contributed by atoms with Gasteiger partial charge in [0.25, 0.3) is 0 Å². The molecule has 1 aliphatic heterocycles. The summed E-state index contributed by atoms with van der Waals surface area (Å²) in [6.45, 7) is 5.94. The van der Waals surface area contributed by atoms with Crippen LogP contribution in [0.15, 0.2) is 66.0 Å². The SMILES string of the molecule is C=CCN1CC[C@@]2(c3cccc(O)c3)C[C@@H](NC(=O)C=Cc3ccoc3)CC[C@]2(O)C1. The summed E-state index contributed by atoms with van der Waals surface area (Å²) in [5.41, 5.74) is 0.296. The van der Waals surface area contributed by atoms with E-state index in [1.54, 1.807) is 36.8 Å². The van der Waals surface area contributed by atoms with Gasteiger partial charge in [0, 0.05) is 36.2 Å². The molecule has 1 aliphatic carbocycles. The summed E-state index contributed by atoms with van der Waals surface area (Å²) >= 11 is 0. The first kappa shape index (κ1) is 21.4. The van der Waals surface area contributed by atoms with Gasteiger partial charge in [0.2, 0.25) is 5.91 Å². The number of nitrogens with zero attached hydrogens (tertiary/aromatic N) is 1. The van der Waals surface area contributed by atoms with E-state index < -0.39 is 11.0 Å². The van der Waals surface area contributed by atoms with Gasteiger partial charge in [-0.2, -0.15) is 0 Å². The minimum Gasteiger partial charge on any atom is -0.508 e. The number of fused-ring (bicyclic) bond motifs is 1. The van der Waals surface area contributed by atoms with Gasteiger partial charge >= 0.3 is 0 Å². The standard InChI is InChI=1S/C25H30N2O4/c1-2-12-27-13-11-24(20-4-3-5-22(28)15-20)16-21(8-10-25(24,30)18-27)26-23(29)7-6-19-9-14-31-17-19/h2-7,9,14-15,17,21,28,30H,1,8,10-13,16,18H2,(H,26,29)/t21-,24-,25-/m0/s1. The van der Waals surface area contributed by atoms with Crippen molar-refractivity contribution in [3.63, 3.8) is 0 Å². The molecule has 1 saturated heterocycles. The second-order valence-corrected chi connectivity index (χ2v) is 8.78. The molecule has 31 heavy (non-hydrogen) atoms. The molecule has 4 rings (SSSR count). The van der Waals surface area contributed by atoms with Gasteiger partial charge in [0.1, 0.15) is 5.75 Å². The summed E-state index contributed by atoms with van der Waals surface area (Å²) in [7, 11) is 0. The zero-order valence-electron chi connectivity index (χ0n) is 17.7. The molecule has 1 amide bonds. The molecular weight excluding hydrogens is 392 g/mol. The smallest absolute Gasteiger partial charge is 0.244 e. The first-order valence-corrected chi connectivity index (χ1v) is 10.8. The Hall–Kier alpha value is -2.83. The first-order chi connectivity index (χ1) is 14.9. The van der Waals surface area contributed by atoms with Crippen LogP contribution in [-0.2, 0) is 10.2 Å². The lowest BCUT2D eigenvalue weighted by Crippen LogP contribution is -2.67. The average molecular weight is 423 g/mol. The highest BCUT2D eigenvalue weighted by atomic mass is 16.3. The highest BCUT2D eigenvalue weighted by Gasteiger charge is 2.57. The maximum Gasteiger partial charge on any atom is 0.244 e. The van der Waals surface area contributed by atoms with Gasteiger partial charge in [0.05, 0.1) is 18.1 Å². The molecule has 2 heterocycles. The zero-order chi connectivity index (χ0) is 21.9. The van der Waals surface area contributed by atoms with E-state index in [1.165, 1.54) is 6.08 Å². The molecule has 1 saturated carbocycles. The van der Waals surface area contributed by atoms with Gasteiger partial charge in [-0.25, -0.2) is 0 Å². The predicted octanol–water partition coefficient (Wildman–Crippen LogP) is 3.23. The van der Waals surface area contributed by atoms with Crippen molar-refractivity contribution < 1.29 is 19.4 Å². The van der Waals surface area contributed by atoms with Crippen LogP contribution in [0, 0.1) is 0 Å². The van der Waals surface area contributed by atoms with Crippen LogP contribution in [-0.4, -0.2) is 52.3 Å². The first-order valence-electron chi connectivity index (χ1n) is 10.8. The number of hydrogen-bond acceptors (Lipinski definition) is 5. The van der Waals surface area contributed by atoms with Crippen LogP contribution in [0.4, 0.5) is 0 Å². The summed E-state index contributed by atoms with van der Waals surface area (Å²) in [6, 6.07) is 8.95. The Morgan fingerprint density at radius 1 is 1.35 bits per heavy atom. The number of aromatic hydroxyl groups is 1. The number of carbonyl (C=O) groups is 1. The molecule has 1 aromatic carbocycles. The molecule has 0 radical (unpaired) electrons. The van der Waals surface area contributed by atoms with Crippen molar-refractivity contribution in [3.8, 4) is 5.75 Å². The normalized spacial score (nSPS) is 28.9. The van der Waals surface area contributed by atoms with Crippen LogP contribution in [0.5, 0.6) is 5.75 Å². The van der Waals surface area contributed by atoms with E-state index in [9.17, 15) is 15.0 Å². The maximum absolute atomic E-state index is 12.5. The number of aliphatic hydroxyl groups is 1. The van der Waals surface area contributed by atoms with Gasteiger partial charge in [0.15, 0.2) is 0 Å². The molecule has 0 spiro atoms. The summed E-state index contributed by atoms with van der Waals surface area (Å²) < 4.78 is 5.02. The predicted molar refractivity (Wildman–Crippen MR) is 120 cm³/mol. The van der Waals surface area contributed by atoms with Crippen molar-refractivity contribution in [2.24, 2.45) is 0 Å². The van der Waals surface area contributed by atoms with Crippen molar-refractivity contribution in [2.45, 2.75) is 42.7 Å². The van der Waals surface area contributed by atoms with E-state index >= 15 is 0 Å². The number of benzene rings is 1. The van der Waals surface area contributed by atoms with E-state index in [1.807, 2.05) is 18.2 Å². The van der Waals surface area contributed by atoms with E-state index in [2.05, 4.69) is 16.8 Å². The van der Waals surface area contributed by atoms with Crippen LogP contribution >= 0.6 is 0 Å². The minimum atomic E-state index is -0.935. The third-order valence-electron chi connectivity index (χ3n) is 6.83. The Morgan fingerprint density at radius 2 is 2.23 bits per heavy atom. The van der Waals surface area contributed by atoms with Crippen LogP contribution < -0.4 is 5.32 Å². The van der Waals surface area contributed by atoms with Gasteiger partial charge < -0.3 is 19.9 Å². The molecule has 2 fully saturated rings. The lowest BCUT2D eigenvalue weighted by atomic mass is 9.55. The summed E-state index contributed by atoms with van der Waals surface area (Å²) in [5, 5.41) is 25.1. The lowest BCUT2D eigenvalue weighted by Gasteiger charge is -2.58. The van der Waals surface area contributed by atoms with Gasteiger partial charge in [-0.05, 0) is 62.1 Å². The summed E-state index contributed by atoms with van der Waals surface area (Å²) in [4.78, 5) is 14.8. The van der Waals surface area contributed by atoms with Crippen LogP contribution in [0.2, 0.25) is 0 Å². The van der Waals surface area contributed by atoms with Gasteiger partial charge in [-0.3, -0.25) is 9.69 Å². The van der Waals surface area contributed by atoms with Crippen molar-refractivity contribution in [2.75, 3.05) is 19.6 Å². The quantitative estimate of drug-likeness (QED) is 0.492. The van der Waals surface area contributed by atoms with Crippen molar-refractivity contribution in [1.29, 1.82) is 0 Å². The molecule has 6 nitrogen and oxygen atoms in total. The molecule has 6 heteroatoms. The summed E-state index contributed by atoms with van der Waals surface area (Å²) in [5.74, 6) is 0.0312. The highest BCUT2D eigenvalue weighted by Crippen LogP contribution is 2.52. The van der Waals surface area contributed by atoms with E-state index in [0.29, 0.717) is 25.8 Å². The second-order valence-electron chi connectivity index (χ2n) is 8.78. The largest absolute Gasteiger partial charge is 0.508 e. The number of carbonyl (C=O) groups excluding carboxylic acids is 1. The summed E-state index contributed by atoms with van der Waals surface area (Å²) in [6.07, 6.45) is 10.9. The molecule has 3 N–H and O–H groups in total. The minimum absolute atomic E-state index is 0.0601. The fraction of sp³-hybridized carbons (Fsp3) is 0.400. The molecule has 2 aromatic rings. The topological polar surface area (TPSA) is 85.9 Å². The molecule has 1 aromatic heterocycles. The molecule has 0 bridgehead atoms. The second kappa shape index (κ2) is 8.73. The number of furan rings is 1. The molecule has 2 aliphatic rings. The third kappa shape index (κ3) is 4.31. The Balaban J connectivity index is 1.57. The fourth-order valence-corrected chi connectivity index (χ4v) is 5.32. The number of phenolic OH excluding ortho intramolecular Hbond substituents is 1. The molecular formula is C25H30N2O4. The number of amides is 1. The lowest BCUT2D eigenvalue weighted by molar-refractivity contribution is -0.130. The Bertz CT molecular complexity index is 954. The van der Waals surface area contributed by atoms with Crippen molar-refractivity contribution >= 4 is 12.0 Å². The number of piperidine rings is 1. The average Bonchev–Trinajstić information content (AvgIpc) is 3.26. The Morgan fingerprint density at radius 3 is 2.97 bits per heavy atom. The van der Waals surface area contributed by atoms with Gasteiger partial charge in [-0.15, -0.1) is 6.58 Å². The van der Waals surface area contributed by atoms with Crippen LogP contribution in [0.1, 0.15) is 36.8 Å². The number of β-amino-alcohol motifs (C(OH)–C–C–N with tert-alkyl or cyclic N) is 1. The van der Waals surface area contributed by atoms with E-state index in [-0.39, 0.29) is 17.7 Å². The number of rotatable bonds is 6. The molecule has 3 atom stereocenters. The zero-order valence-corrected chi connectivity index (χ0v) is 17.7. The highest BCUT2D eigenvalue weighted by molar-refractivity contribution is 5.91. The monoisotopic (exact) mass is 422 g/mol. The number of likely N-dealkylation sites (tertiary alicyclic amines) is 1. The molecule has 0 unspecified atom stereocenters. The Kier molecular flexibility index (Phi) is 6.03. The number of nitrogens with one attached hydrogen (secondary N) is 1. The third-order valence-corrected chi connectivity index (χ3v) is 6.83. The van der Waals surface area contributed by atoms with E-state index in [4.69, 9.17) is 4.42 Å². The number of phenols is 1. The van der Waals surface area contributed by atoms with E-state index in [0.717, 1.165) is 30.6 Å². The Labute approximate surface area is 182 Å². The van der Waals surface area contributed by atoms with Crippen LogP contribution in [0.25, 0.3) is 6.08 Å². The van der Waals surface area contributed by atoms with Crippen molar-refractivity contribution in [1.82, 2.24) is 10.2 Å². The van der Waals surface area contributed by atoms with Crippen LogP contribution in [0.3, 0.4) is 0 Å². The fourth-order valence-electron chi connectivity index (χ4n) is 5.32. The van der Waals surface area contributed by atoms with Crippen molar-refractivity contribution in [3.05, 3.63) is 72.7 Å². The molecule has 164 valence electrons.